The van der Waals surface area contributed by atoms with Crippen molar-refractivity contribution >= 4 is 17.6 Å². The molecule has 1 aromatic heterocycles. The molecular formula is C13H25N5O. The minimum absolute atomic E-state index is 0.0942. The highest BCUT2D eigenvalue weighted by molar-refractivity contribution is 5.53. The summed E-state index contributed by atoms with van der Waals surface area (Å²) in [6, 6.07) is 2.23. The average Bonchev–Trinajstić information content (AvgIpc) is 2.38. The van der Waals surface area contributed by atoms with E-state index in [0.717, 1.165) is 31.0 Å². The fraction of sp³-hybridized carbons (Fsp3) is 0.692. The van der Waals surface area contributed by atoms with Crippen molar-refractivity contribution in [2.75, 3.05) is 35.6 Å². The first-order valence-corrected chi connectivity index (χ1v) is 6.92. The summed E-state index contributed by atoms with van der Waals surface area (Å²) < 4.78 is 0. The van der Waals surface area contributed by atoms with Crippen LogP contribution in [0.15, 0.2) is 6.07 Å². The van der Waals surface area contributed by atoms with E-state index in [1.165, 1.54) is 0 Å². The standard InChI is InChI=1S/C13H25N5O/c1-4-10(5-2)18(7-8-19)12-9-11(15-6-3)16-13(14)17-12/h9-10,19H,4-8H2,1-3H3,(H3,14,15,16,17). The van der Waals surface area contributed by atoms with Crippen LogP contribution >= 0.6 is 0 Å². The van der Waals surface area contributed by atoms with Gasteiger partial charge in [0.15, 0.2) is 0 Å². The maximum Gasteiger partial charge on any atom is 0.223 e. The highest BCUT2D eigenvalue weighted by atomic mass is 16.3. The molecule has 0 aliphatic rings. The van der Waals surface area contributed by atoms with Crippen molar-refractivity contribution in [3.05, 3.63) is 6.07 Å². The number of aliphatic hydroxyl groups excluding tert-OH is 1. The first-order valence-electron chi connectivity index (χ1n) is 6.92. The minimum atomic E-state index is 0.0942. The number of nitrogen functional groups attached to an aromatic ring is 1. The SMILES string of the molecule is CCNc1cc(N(CCO)C(CC)CC)nc(N)n1. The van der Waals surface area contributed by atoms with Crippen molar-refractivity contribution in [3.8, 4) is 0 Å². The third-order valence-electron chi connectivity index (χ3n) is 3.11. The molecule has 6 nitrogen and oxygen atoms in total. The van der Waals surface area contributed by atoms with Crippen LogP contribution in [0.5, 0.6) is 0 Å². The molecule has 108 valence electrons. The van der Waals surface area contributed by atoms with Crippen molar-refractivity contribution in [2.24, 2.45) is 0 Å². The van der Waals surface area contributed by atoms with Gasteiger partial charge in [-0.05, 0) is 19.8 Å². The zero-order chi connectivity index (χ0) is 14.3. The van der Waals surface area contributed by atoms with Gasteiger partial charge in [-0.15, -0.1) is 0 Å². The van der Waals surface area contributed by atoms with Crippen LogP contribution in [0.1, 0.15) is 33.6 Å². The molecule has 0 unspecified atom stereocenters. The number of hydrogen-bond acceptors (Lipinski definition) is 6. The normalized spacial score (nSPS) is 10.8. The lowest BCUT2D eigenvalue weighted by molar-refractivity contribution is 0.295. The monoisotopic (exact) mass is 267 g/mol. The molecule has 0 atom stereocenters. The molecule has 1 heterocycles. The lowest BCUT2D eigenvalue weighted by Crippen LogP contribution is -2.37. The second-order valence-electron chi connectivity index (χ2n) is 4.39. The van der Waals surface area contributed by atoms with Crippen LogP contribution in [0.2, 0.25) is 0 Å². The molecule has 0 spiro atoms. The fourth-order valence-corrected chi connectivity index (χ4v) is 2.19. The van der Waals surface area contributed by atoms with Gasteiger partial charge in [-0.25, -0.2) is 0 Å². The maximum atomic E-state index is 9.25. The number of hydrogen-bond donors (Lipinski definition) is 3. The van der Waals surface area contributed by atoms with Crippen molar-refractivity contribution in [2.45, 2.75) is 39.7 Å². The summed E-state index contributed by atoms with van der Waals surface area (Å²) in [6.45, 7) is 7.69. The predicted molar refractivity (Wildman–Crippen MR) is 79.4 cm³/mol. The van der Waals surface area contributed by atoms with Gasteiger partial charge in [0.2, 0.25) is 5.95 Å². The summed E-state index contributed by atoms with van der Waals surface area (Å²) in [5, 5.41) is 12.4. The fourth-order valence-electron chi connectivity index (χ4n) is 2.19. The number of nitrogens with two attached hydrogens (primary N) is 1. The Morgan fingerprint density at radius 1 is 1.32 bits per heavy atom. The summed E-state index contributed by atoms with van der Waals surface area (Å²) in [5.41, 5.74) is 5.76. The van der Waals surface area contributed by atoms with Crippen LogP contribution in [-0.4, -0.2) is 40.8 Å². The number of aromatic nitrogens is 2. The quantitative estimate of drug-likeness (QED) is 0.661. The van der Waals surface area contributed by atoms with E-state index in [1.807, 2.05) is 13.0 Å². The zero-order valence-corrected chi connectivity index (χ0v) is 12.1. The number of anilines is 3. The molecule has 0 saturated carbocycles. The molecule has 1 aromatic rings. The molecule has 0 fully saturated rings. The molecular weight excluding hydrogens is 242 g/mol. The Bertz CT molecular complexity index is 381. The van der Waals surface area contributed by atoms with Crippen LogP contribution < -0.4 is 16.0 Å². The molecule has 19 heavy (non-hydrogen) atoms. The highest BCUT2D eigenvalue weighted by Gasteiger charge is 2.17. The summed E-state index contributed by atoms with van der Waals surface area (Å²) in [4.78, 5) is 10.5. The van der Waals surface area contributed by atoms with Crippen molar-refractivity contribution in [1.29, 1.82) is 0 Å². The number of aliphatic hydroxyl groups is 1. The second kappa shape index (κ2) is 7.78. The van der Waals surface area contributed by atoms with Crippen LogP contribution in [0.25, 0.3) is 0 Å². The Balaban J connectivity index is 3.06. The largest absolute Gasteiger partial charge is 0.395 e. The van der Waals surface area contributed by atoms with E-state index in [0.29, 0.717) is 12.6 Å². The average molecular weight is 267 g/mol. The number of nitrogens with one attached hydrogen (secondary N) is 1. The molecule has 0 aliphatic carbocycles. The number of nitrogens with zero attached hydrogens (tertiary/aromatic N) is 3. The van der Waals surface area contributed by atoms with Crippen LogP contribution in [0.4, 0.5) is 17.6 Å². The number of rotatable bonds is 8. The van der Waals surface area contributed by atoms with Crippen LogP contribution in [0, 0.1) is 0 Å². The second-order valence-corrected chi connectivity index (χ2v) is 4.39. The Morgan fingerprint density at radius 2 is 2.00 bits per heavy atom. The molecule has 0 radical (unpaired) electrons. The van der Waals surface area contributed by atoms with Gasteiger partial charge >= 0.3 is 0 Å². The molecule has 0 aliphatic heterocycles. The smallest absolute Gasteiger partial charge is 0.223 e. The first-order chi connectivity index (χ1) is 9.15. The van der Waals surface area contributed by atoms with Gasteiger partial charge in [-0.2, -0.15) is 9.97 Å². The van der Waals surface area contributed by atoms with Gasteiger partial charge in [0.25, 0.3) is 0 Å². The Morgan fingerprint density at radius 3 is 2.53 bits per heavy atom. The van der Waals surface area contributed by atoms with Gasteiger partial charge in [0.1, 0.15) is 11.6 Å². The van der Waals surface area contributed by atoms with E-state index < -0.39 is 0 Å². The maximum absolute atomic E-state index is 9.25. The Kier molecular flexibility index (Phi) is 6.35. The molecule has 0 aromatic carbocycles. The molecule has 0 bridgehead atoms. The third kappa shape index (κ3) is 4.24. The van der Waals surface area contributed by atoms with E-state index in [-0.39, 0.29) is 12.6 Å². The molecule has 0 amide bonds. The Labute approximate surface area is 115 Å². The Hall–Kier alpha value is -1.56. The highest BCUT2D eigenvalue weighted by Crippen LogP contribution is 2.21. The minimum Gasteiger partial charge on any atom is -0.395 e. The summed E-state index contributed by atoms with van der Waals surface area (Å²) in [6.07, 6.45) is 1.99. The topological polar surface area (TPSA) is 87.3 Å². The van der Waals surface area contributed by atoms with E-state index in [1.54, 1.807) is 0 Å². The van der Waals surface area contributed by atoms with Crippen molar-refractivity contribution in [1.82, 2.24) is 9.97 Å². The van der Waals surface area contributed by atoms with Crippen LogP contribution in [-0.2, 0) is 0 Å². The molecule has 0 saturated heterocycles. The molecule has 6 heteroatoms. The first kappa shape index (κ1) is 15.5. The lowest BCUT2D eigenvalue weighted by Gasteiger charge is -2.31. The van der Waals surface area contributed by atoms with Gasteiger partial charge < -0.3 is 21.1 Å². The van der Waals surface area contributed by atoms with Crippen LogP contribution in [0.3, 0.4) is 0 Å². The van der Waals surface area contributed by atoms with E-state index in [4.69, 9.17) is 5.73 Å². The van der Waals surface area contributed by atoms with Crippen molar-refractivity contribution < 1.29 is 5.11 Å². The molecule has 4 N–H and O–H groups in total. The lowest BCUT2D eigenvalue weighted by atomic mass is 10.1. The van der Waals surface area contributed by atoms with Crippen molar-refractivity contribution in [3.63, 3.8) is 0 Å². The predicted octanol–water partition coefficient (Wildman–Crippen LogP) is 1.48. The summed E-state index contributed by atoms with van der Waals surface area (Å²) >= 11 is 0. The summed E-state index contributed by atoms with van der Waals surface area (Å²) in [7, 11) is 0. The van der Waals surface area contributed by atoms with E-state index in [9.17, 15) is 5.11 Å². The molecule has 1 rings (SSSR count). The van der Waals surface area contributed by atoms with Gasteiger partial charge in [-0.1, -0.05) is 13.8 Å². The summed E-state index contributed by atoms with van der Waals surface area (Å²) in [5.74, 6) is 1.74. The van der Waals surface area contributed by atoms with E-state index >= 15 is 0 Å². The van der Waals surface area contributed by atoms with Gasteiger partial charge in [-0.3, -0.25) is 0 Å². The van der Waals surface area contributed by atoms with Gasteiger partial charge in [0, 0.05) is 25.2 Å². The third-order valence-corrected chi connectivity index (χ3v) is 3.11. The van der Waals surface area contributed by atoms with E-state index in [2.05, 4.69) is 34.0 Å². The van der Waals surface area contributed by atoms with Gasteiger partial charge in [0.05, 0.1) is 6.61 Å². The zero-order valence-electron chi connectivity index (χ0n) is 12.1.